The third-order valence-electron chi connectivity index (χ3n) is 15.0. The highest BCUT2D eigenvalue weighted by atomic mass is 19.1. The Bertz CT molecular complexity index is 4490. The number of nitrogens with two attached hydrogens (primary N) is 1. The van der Waals surface area contributed by atoms with Crippen molar-refractivity contribution in [1.82, 2.24) is 40.4 Å². The number of carboxylic acids is 1. The first-order chi connectivity index (χ1) is 46.7. The van der Waals surface area contributed by atoms with Crippen LogP contribution < -0.4 is 51.6 Å². The number of para-hydroxylation sites is 4. The highest BCUT2D eigenvalue weighted by Gasteiger charge is 2.36. The number of nitrogen functional groups attached to an aromatic ring is 1. The molecule has 25 heteroatoms. The van der Waals surface area contributed by atoms with E-state index in [4.69, 9.17) is 20.2 Å². The molecule has 496 valence electrons. The molecule has 0 saturated carbocycles. The van der Waals surface area contributed by atoms with E-state index in [-0.39, 0.29) is 48.1 Å². The number of aromatic nitrogens is 4. The van der Waals surface area contributed by atoms with Gasteiger partial charge in [0.25, 0.3) is 5.91 Å². The zero-order valence-electron chi connectivity index (χ0n) is 53.6. The number of likely N-dealkylation sites (N-methyl/N-ethyl adjacent to an activating group) is 2. The van der Waals surface area contributed by atoms with Crippen LogP contribution in [0.1, 0.15) is 43.0 Å². The minimum atomic E-state index is -1.11. The summed E-state index contributed by atoms with van der Waals surface area (Å²) in [4.78, 5) is 75.3. The number of hydrogen-bond donors (Lipinski definition) is 7. The molecule has 2 aliphatic rings. The molecule has 0 atom stereocenters. The summed E-state index contributed by atoms with van der Waals surface area (Å²) in [6.45, 7) is 5.86. The van der Waals surface area contributed by atoms with Crippen molar-refractivity contribution < 1.29 is 51.3 Å². The maximum atomic E-state index is 15.1. The Balaban J connectivity index is 0.000000181. The molecule has 4 heterocycles. The van der Waals surface area contributed by atoms with Crippen molar-refractivity contribution in [1.29, 1.82) is 0 Å². The Morgan fingerprint density at radius 1 is 0.526 bits per heavy atom. The number of aryl methyl sites for hydroxylation is 2. The smallest absolute Gasteiger partial charge is 0.335 e. The topological polar surface area (TPSA) is 258 Å². The fraction of sp³-hybridized carbons (Fsp3) is 0.167. The molecule has 2 aliphatic heterocycles. The average Bonchev–Trinajstić information content (AvgIpc) is 0.757. The number of anilines is 8. The van der Waals surface area contributed by atoms with E-state index in [9.17, 15) is 33.1 Å². The highest BCUT2D eigenvalue weighted by molar-refractivity contribution is 6.06. The minimum absolute atomic E-state index is 0.00187. The van der Waals surface area contributed by atoms with Gasteiger partial charge in [0.1, 0.15) is 57.6 Å². The quantitative estimate of drug-likeness (QED) is 0.0293. The summed E-state index contributed by atoms with van der Waals surface area (Å²) in [5, 5.41) is 24.0. The number of carbonyl (C=O) groups is 4. The van der Waals surface area contributed by atoms with Crippen LogP contribution in [0.2, 0.25) is 0 Å². The first-order valence-corrected chi connectivity index (χ1v) is 30.5. The van der Waals surface area contributed by atoms with E-state index in [0.29, 0.717) is 88.3 Å². The Labute approximate surface area is 556 Å². The van der Waals surface area contributed by atoms with Crippen molar-refractivity contribution in [2.75, 3.05) is 85.9 Å². The summed E-state index contributed by atoms with van der Waals surface area (Å²) >= 11 is 0. The maximum absolute atomic E-state index is 15.1. The first-order valence-electron chi connectivity index (χ1n) is 30.5. The van der Waals surface area contributed by atoms with Crippen LogP contribution in [-0.4, -0.2) is 113 Å². The number of benzene rings is 8. The van der Waals surface area contributed by atoms with Gasteiger partial charge in [0.15, 0.2) is 11.6 Å². The van der Waals surface area contributed by atoms with Crippen LogP contribution in [0.4, 0.5) is 73.4 Å². The summed E-state index contributed by atoms with van der Waals surface area (Å²) < 4.78 is 71.1. The van der Waals surface area contributed by atoms with Gasteiger partial charge in [-0.15, -0.1) is 0 Å². The number of fused-ring (bicyclic) bond motifs is 2. The zero-order chi connectivity index (χ0) is 68.9. The predicted molar refractivity (Wildman–Crippen MR) is 365 cm³/mol. The van der Waals surface area contributed by atoms with Crippen LogP contribution in [0.15, 0.2) is 182 Å². The Hall–Kier alpha value is -12.0. The fourth-order valence-corrected chi connectivity index (χ4v) is 10.2. The summed E-state index contributed by atoms with van der Waals surface area (Å²) in [7, 11) is 7.63. The molecule has 0 spiro atoms. The third kappa shape index (κ3) is 16.7. The molecule has 21 nitrogen and oxygen atoms in total. The largest absolute Gasteiger partial charge is 0.478 e. The molecule has 8 aromatic carbocycles. The van der Waals surface area contributed by atoms with E-state index in [1.807, 2.05) is 124 Å². The lowest BCUT2D eigenvalue weighted by Crippen LogP contribution is -2.43. The number of halogens is 4. The second kappa shape index (κ2) is 30.9. The van der Waals surface area contributed by atoms with Crippen molar-refractivity contribution in [2.24, 2.45) is 0 Å². The number of nitrogens with one attached hydrogen (secondary N) is 5. The van der Waals surface area contributed by atoms with Crippen molar-refractivity contribution in [3.8, 4) is 45.5 Å². The van der Waals surface area contributed by atoms with Crippen LogP contribution in [0.25, 0.3) is 22.5 Å². The van der Waals surface area contributed by atoms with Gasteiger partial charge in [0.05, 0.1) is 30.0 Å². The lowest BCUT2D eigenvalue weighted by Gasteiger charge is -2.31. The van der Waals surface area contributed by atoms with Crippen LogP contribution in [0, 0.1) is 37.1 Å². The van der Waals surface area contributed by atoms with Gasteiger partial charge in [0.2, 0.25) is 11.9 Å². The summed E-state index contributed by atoms with van der Waals surface area (Å²) in [6, 6.07) is 48.4. The monoisotopic (exact) mass is 1320 g/mol. The molecule has 5 amide bonds. The number of nitrogens with zero attached hydrogens (tertiary/aromatic N) is 8. The Morgan fingerprint density at radius 2 is 0.938 bits per heavy atom. The molecule has 0 saturated heterocycles. The number of carbonyl (C=O) groups excluding carboxylic acids is 3. The number of urea groups is 2. The summed E-state index contributed by atoms with van der Waals surface area (Å²) in [5.74, 6) is -2.05. The van der Waals surface area contributed by atoms with Gasteiger partial charge in [0, 0.05) is 77.5 Å². The highest BCUT2D eigenvalue weighted by Crippen LogP contribution is 2.42. The molecule has 0 fully saturated rings. The van der Waals surface area contributed by atoms with Crippen molar-refractivity contribution in [2.45, 2.75) is 26.9 Å². The Kier molecular flexibility index (Phi) is 21.6. The van der Waals surface area contributed by atoms with Crippen molar-refractivity contribution >= 4 is 70.2 Å². The van der Waals surface area contributed by atoms with Gasteiger partial charge < -0.3 is 56.7 Å². The third-order valence-corrected chi connectivity index (χ3v) is 15.0. The van der Waals surface area contributed by atoms with E-state index in [1.165, 1.54) is 24.3 Å². The average molecular weight is 1320 g/mol. The Morgan fingerprint density at radius 3 is 1.38 bits per heavy atom. The van der Waals surface area contributed by atoms with Crippen molar-refractivity contribution in [3.63, 3.8) is 0 Å². The molecule has 97 heavy (non-hydrogen) atoms. The number of hydrogen-bond acceptors (Lipinski definition) is 15. The molecule has 10 aromatic rings. The zero-order valence-corrected chi connectivity index (χ0v) is 53.6. The number of rotatable bonds is 19. The first kappa shape index (κ1) is 67.9. The lowest BCUT2D eigenvalue weighted by molar-refractivity contribution is 0.0696. The molecule has 12 rings (SSSR count). The maximum Gasteiger partial charge on any atom is 0.335 e. The van der Waals surface area contributed by atoms with Crippen LogP contribution in [0.3, 0.4) is 0 Å². The number of amides is 5. The van der Waals surface area contributed by atoms with E-state index >= 15 is 8.78 Å². The number of aromatic carboxylic acids is 1. The summed E-state index contributed by atoms with van der Waals surface area (Å²) in [6.07, 6.45) is 0. The van der Waals surface area contributed by atoms with Crippen LogP contribution >= 0.6 is 0 Å². The van der Waals surface area contributed by atoms with Crippen LogP contribution in [-0.2, 0) is 13.1 Å². The minimum Gasteiger partial charge on any atom is -0.478 e. The SMILES string of the molecule is Cc1ccc(C(=O)Nc2cccc(Oc3ccccc3)c2)cc1-c1nc(NCCN(C)C)nc2c1CNC(=O)N2c1c(F)cccc1F.Cc1ccc(C(=O)O)cc1-c1nc(NCCN(C)C)nc2c1CNC(=O)N2c1c(F)cccc1F.Nc1cccc(Oc2ccccc2)c1. The molecule has 0 radical (unpaired) electrons. The van der Waals surface area contributed by atoms with E-state index < -0.39 is 52.7 Å². The number of ether oxygens (including phenoxy) is 2. The van der Waals surface area contributed by atoms with Gasteiger partial charge in [-0.1, -0.05) is 72.8 Å². The molecule has 2 aromatic heterocycles. The van der Waals surface area contributed by atoms with Gasteiger partial charge >= 0.3 is 18.0 Å². The molecule has 0 aliphatic carbocycles. The lowest BCUT2D eigenvalue weighted by atomic mass is 9.97. The van der Waals surface area contributed by atoms with E-state index in [0.717, 1.165) is 56.7 Å². The van der Waals surface area contributed by atoms with Gasteiger partial charge in [-0.3, -0.25) is 4.79 Å². The standard InChI is InChI=1S/C36H33F2N7O3.C24H24F2N6O3.C12H11NO/c1-22-15-16-23(34(46)41-24-9-7-12-26(20-24)48-25-10-5-4-6-11-25)19-27(22)31-28-21-40-36(47)45(32-29(37)13-8-14-30(32)38)33(28)43-35(42-31)39-17-18-44(2)3;1-13-7-8-14(22(33)34)11-15(13)19-16-12-28-24(35)32(20-17(25)5-4-6-18(20)26)21(16)30-23(29-19)27-9-10-31(2)3;13-10-5-4-8-12(9-10)14-11-6-2-1-3-7-11/h4-16,19-20H,17-18,21H2,1-3H3,(H,40,47)(H,41,46)(H,39,42,43);4-8,11H,9-10,12H2,1-3H3,(H,28,35)(H,33,34)(H,27,29,30);1-9H,13H2. The van der Waals surface area contributed by atoms with Gasteiger partial charge in [-0.05, 0) is 150 Å². The molecule has 0 unspecified atom stereocenters. The summed E-state index contributed by atoms with van der Waals surface area (Å²) in [5.41, 5.74) is 10.3. The predicted octanol–water partition coefficient (Wildman–Crippen LogP) is 13.9. The van der Waals surface area contributed by atoms with Gasteiger partial charge in [-0.2, -0.15) is 9.97 Å². The van der Waals surface area contributed by atoms with Gasteiger partial charge in [-0.25, -0.2) is 51.7 Å². The second-order valence-corrected chi connectivity index (χ2v) is 22.7. The number of carboxylic acid groups (broad SMARTS) is 1. The second-order valence-electron chi connectivity index (χ2n) is 22.7. The van der Waals surface area contributed by atoms with E-state index in [1.54, 1.807) is 61.5 Å². The van der Waals surface area contributed by atoms with E-state index in [2.05, 4.69) is 41.5 Å². The van der Waals surface area contributed by atoms with Crippen LogP contribution in [0.5, 0.6) is 23.0 Å². The molecular weight excluding hydrogens is 1250 g/mol. The molecule has 8 N–H and O–H groups in total. The fourth-order valence-electron chi connectivity index (χ4n) is 10.2. The molecular formula is C72H68F4N14O7. The molecule has 0 bridgehead atoms. The normalized spacial score (nSPS) is 12.2. The van der Waals surface area contributed by atoms with Crippen molar-refractivity contribution in [3.05, 3.63) is 239 Å².